The van der Waals surface area contributed by atoms with Crippen LogP contribution in [0.1, 0.15) is 58.6 Å². The van der Waals surface area contributed by atoms with Crippen LogP contribution in [-0.4, -0.2) is 46.3 Å². The molecular weight excluding hydrogens is 509 g/mol. The molecule has 0 bridgehead atoms. The smallest absolute Gasteiger partial charge is 0.227 e. The number of nitrogens with one attached hydrogen (secondary N) is 2. The Labute approximate surface area is 216 Å². The summed E-state index contributed by atoms with van der Waals surface area (Å²) in [5.74, 6) is 1.34. The van der Waals surface area contributed by atoms with E-state index in [1.165, 1.54) is 6.07 Å². The van der Waals surface area contributed by atoms with E-state index >= 15 is 0 Å². The molecule has 0 radical (unpaired) electrons. The molecule has 0 amide bonds. The second kappa shape index (κ2) is 11.8. The van der Waals surface area contributed by atoms with Crippen molar-refractivity contribution in [2.75, 3.05) is 30.3 Å². The van der Waals surface area contributed by atoms with Gasteiger partial charge in [0, 0.05) is 43.4 Å². The maximum Gasteiger partial charge on any atom is 0.227 e. The molecule has 3 atom stereocenters. The highest BCUT2D eigenvalue weighted by atomic mass is 79.9. The largest absolute Gasteiger partial charge is 0.379 e. The van der Waals surface area contributed by atoms with Gasteiger partial charge in [-0.25, -0.2) is 14.4 Å². The molecule has 6 nitrogen and oxygen atoms in total. The second-order valence-corrected chi connectivity index (χ2v) is 11.3. The van der Waals surface area contributed by atoms with Crippen LogP contribution in [0.25, 0.3) is 0 Å². The first-order chi connectivity index (χ1) is 16.8. The second-order valence-electron chi connectivity index (χ2n) is 10.4. The van der Waals surface area contributed by atoms with E-state index in [1.807, 2.05) is 6.07 Å². The van der Waals surface area contributed by atoms with E-state index in [0.717, 1.165) is 61.9 Å². The number of likely N-dealkylation sites (tertiary alicyclic amines) is 1. The van der Waals surface area contributed by atoms with Crippen molar-refractivity contribution in [1.82, 2.24) is 14.9 Å². The molecule has 1 saturated heterocycles. The number of hydrogen-bond donors (Lipinski definition) is 2. The Morgan fingerprint density at radius 3 is 2.83 bits per heavy atom. The molecule has 35 heavy (non-hydrogen) atoms. The maximum atomic E-state index is 14.8. The first-order valence-electron chi connectivity index (χ1n) is 12.9. The normalized spacial score (nSPS) is 22.6. The third kappa shape index (κ3) is 6.79. The van der Waals surface area contributed by atoms with Gasteiger partial charge in [-0.3, -0.25) is 4.79 Å². The zero-order valence-corrected chi connectivity index (χ0v) is 22.6. The molecule has 1 aliphatic heterocycles. The number of carbonyl (C=O) groups is 1. The fourth-order valence-electron chi connectivity index (χ4n) is 5.41. The summed E-state index contributed by atoms with van der Waals surface area (Å²) in [6.45, 7) is 9.36. The molecule has 1 aliphatic carbocycles. The number of anilines is 3. The van der Waals surface area contributed by atoms with Crippen molar-refractivity contribution >= 4 is 39.0 Å². The number of ketones is 1. The third-order valence-corrected chi connectivity index (χ3v) is 7.92. The van der Waals surface area contributed by atoms with Gasteiger partial charge in [0.15, 0.2) is 0 Å². The number of nitrogens with zero attached hydrogens (tertiary/aromatic N) is 3. The minimum absolute atomic E-state index is 0.120. The van der Waals surface area contributed by atoms with Crippen LogP contribution in [0, 0.1) is 23.6 Å². The van der Waals surface area contributed by atoms with E-state index < -0.39 is 0 Å². The van der Waals surface area contributed by atoms with E-state index in [0.29, 0.717) is 41.4 Å². The van der Waals surface area contributed by atoms with Gasteiger partial charge in [0.05, 0.1) is 15.9 Å². The van der Waals surface area contributed by atoms with Crippen molar-refractivity contribution in [3.63, 3.8) is 0 Å². The van der Waals surface area contributed by atoms with Gasteiger partial charge in [0.1, 0.15) is 11.6 Å². The molecule has 2 fully saturated rings. The van der Waals surface area contributed by atoms with E-state index in [4.69, 9.17) is 4.98 Å². The molecule has 0 unspecified atom stereocenters. The van der Waals surface area contributed by atoms with Crippen molar-refractivity contribution in [1.29, 1.82) is 0 Å². The Morgan fingerprint density at radius 2 is 2.11 bits per heavy atom. The van der Waals surface area contributed by atoms with Crippen LogP contribution in [0.15, 0.2) is 28.9 Å². The first kappa shape index (κ1) is 26.0. The number of rotatable bonds is 10. The molecule has 2 heterocycles. The van der Waals surface area contributed by atoms with Crippen LogP contribution in [0.4, 0.5) is 21.7 Å². The number of hydrogen-bond acceptors (Lipinski definition) is 6. The molecule has 190 valence electrons. The number of benzene rings is 1. The van der Waals surface area contributed by atoms with Crippen LogP contribution < -0.4 is 10.6 Å². The topological polar surface area (TPSA) is 70.2 Å². The van der Waals surface area contributed by atoms with E-state index in [9.17, 15) is 9.18 Å². The predicted octanol–water partition coefficient (Wildman–Crippen LogP) is 6.20. The molecule has 1 aromatic carbocycles. The lowest BCUT2D eigenvalue weighted by Crippen LogP contribution is -2.26. The molecule has 2 N–H and O–H groups in total. The molecular formula is C27H37BrFN5O. The average Bonchev–Trinajstić information content (AvgIpc) is 3.47. The van der Waals surface area contributed by atoms with Crippen molar-refractivity contribution in [2.45, 2.75) is 65.3 Å². The zero-order chi connectivity index (χ0) is 24.9. The molecule has 2 aromatic rings. The summed E-state index contributed by atoms with van der Waals surface area (Å²) in [5.41, 5.74) is 2.01. The van der Waals surface area contributed by atoms with E-state index in [2.05, 4.69) is 57.2 Å². The standard InChI is InChI=1S/C27H37BrFN5O/c1-4-34-11-10-20(16-34)31-24-9-8-19(14-23(24)29)32-27-30-15-22(28)25(33-27)13-18-6-5-7-21(18)26(35)12-17(2)3/h8-9,14-15,17-18,20-21,31H,4-7,10-13,16H2,1-3H3,(H,30,32,33)/t18-,20+,21-/m0/s1. The highest BCUT2D eigenvalue weighted by Gasteiger charge is 2.33. The summed E-state index contributed by atoms with van der Waals surface area (Å²) >= 11 is 3.58. The lowest BCUT2D eigenvalue weighted by molar-refractivity contribution is -0.124. The number of halogens is 2. The Hall–Kier alpha value is -2.06. The van der Waals surface area contributed by atoms with Gasteiger partial charge in [-0.05, 0) is 78.2 Å². The van der Waals surface area contributed by atoms with Gasteiger partial charge in [0.25, 0.3) is 0 Å². The minimum Gasteiger partial charge on any atom is -0.379 e. The molecule has 2 aliphatic rings. The van der Waals surface area contributed by atoms with Crippen molar-refractivity contribution in [3.05, 3.63) is 40.4 Å². The summed E-state index contributed by atoms with van der Waals surface area (Å²) in [5, 5.41) is 6.49. The van der Waals surface area contributed by atoms with Gasteiger partial charge in [-0.1, -0.05) is 27.2 Å². The van der Waals surface area contributed by atoms with Gasteiger partial charge >= 0.3 is 0 Å². The van der Waals surface area contributed by atoms with E-state index in [-0.39, 0.29) is 17.8 Å². The van der Waals surface area contributed by atoms with Crippen molar-refractivity contribution in [3.8, 4) is 0 Å². The number of aromatic nitrogens is 2. The molecule has 8 heteroatoms. The molecule has 0 spiro atoms. The molecule has 1 aromatic heterocycles. The molecule has 1 saturated carbocycles. The highest BCUT2D eigenvalue weighted by molar-refractivity contribution is 9.10. The Morgan fingerprint density at radius 1 is 1.29 bits per heavy atom. The fourth-order valence-corrected chi connectivity index (χ4v) is 5.76. The minimum atomic E-state index is -0.292. The van der Waals surface area contributed by atoms with Gasteiger partial charge in [-0.15, -0.1) is 0 Å². The molecule has 4 rings (SSSR count). The average molecular weight is 547 g/mol. The fraction of sp³-hybridized carbons (Fsp3) is 0.593. The van der Waals surface area contributed by atoms with Crippen LogP contribution in [0.3, 0.4) is 0 Å². The van der Waals surface area contributed by atoms with Crippen molar-refractivity contribution in [2.24, 2.45) is 17.8 Å². The van der Waals surface area contributed by atoms with E-state index in [1.54, 1.807) is 12.3 Å². The van der Waals surface area contributed by atoms with Crippen LogP contribution in [0.2, 0.25) is 0 Å². The lowest BCUT2D eigenvalue weighted by atomic mass is 9.85. The maximum absolute atomic E-state index is 14.8. The Balaban J connectivity index is 1.40. The van der Waals surface area contributed by atoms with Crippen LogP contribution in [-0.2, 0) is 11.2 Å². The summed E-state index contributed by atoms with van der Waals surface area (Å²) in [7, 11) is 0. The Bertz CT molecular complexity index is 1030. The summed E-state index contributed by atoms with van der Waals surface area (Å²) in [4.78, 5) is 24.2. The SMILES string of the molecule is CCN1CC[C@@H](Nc2ccc(Nc3ncc(Br)c(C[C@@H]4CCC[C@@H]4C(=O)CC(C)C)n3)cc2F)C1. The lowest BCUT2D eigenvalue weighted by Gasteiger charge is -2.20. The summed E-state index contributed by atoms with van der Waals surface area (Å²) in [6, 6.07) is 5.38. The monoisotopic (exact) mass is 545 g/mol. The van der Waals surface area contributed by atoms with Gasteiger partial charge < -0.3 is 15.5 Å². The highest BCUT2D eigenvalue weighted by Crippen LogP contribution is 2.37. The number of likely N-dealkylation sites (N-methyl/N-ethyl adjacent to an activating group) is 1. The Kier molecular flexibility index (Phi) is 8.76. The third-order valence-electron chi connectivity index (χ3n) is 7.26. The number of carbonyl (C=O) groups excluding carboxylic acids is 1. The summed E-state index contributed by atoms with van der Waals surface area (Å²) < 4.78 is 15.7. The zero-order valence-electron chi connectivity index (χ0n) is 21.0. The first-order valence-corrected chi connectivity index (χ1v) is 13.7. The van der Waals surface area contributed by atoms with Gasteiger partial charge in [-0.2, -0.15) is 0 Å². The van der Waals surface area contributed by atoms with Crippen LogP contribution >= 0.6 is 15.9 Å². The van der Waals surface area contributed by atoms with Crippen molar-refractivity contribution < 1.29 is 9.18 Å². The predicted molar refractivity (Wildman–Crippen MR) is 143 cm³/mol. The number of Topliss-reactive ketones (excluding diaryl/α,β-unsaturated/α-hetero) is 1. The van der Waals surface area contributed by atoms with Gasteiger partial charge in [0.2, 0.25) is 5.95 Å². The quantitative estimate of drug-likeness (QED) is 0.370. The summed E-state index contributed by atoms with van der Waals surface area (Å²) in [6.07, 6.45) is 7.24. The van der Waals surface area contributed by atoms with Crippen LogP contribution in [0.5, 0.6) is 0 Å².